The highest BCUT2D eigenvalue weighted by Gasteiger charge is 2.31. The van der Waals surface area contributed by atoms with Crippen molar-refractivity contribution in [2.75, 3.05) is 6.54 Å². The lowest BCUT2D eigenvalue weighted by Gasteiger charge is -2.28. The lowest BCUT2D eigenvalue weighted by atomic mass is 9.87. The summed E-state index contributed by atoms with van der Waals surface area (Å²) in [7, 11) is 0. The second-order valence-corrected chi connectivity index (χ2v) is 7.81. The third-order valence-electron chi connectivity index (χ3n) is 3.81. The Labute approximate surface area is 126 Å². The Morgan fingerprint density at radius 1 is 1.55 bits per heavy atom. The third-order valence-corrected chi connectivity index (χ3v) is 4.51. The normalized spacial score (nSPS) is 21.2. The number of hydrogen-bond acceptors (Lipinski definition) is 3. The molecule has 112 valence electrons. The molecule has 2 atom stereocenters. The minimum atomic E-state index is -0.0359. The van der Waals surface area contributed by atoms with Crippen LogP contribution in [0.1, 0.15) is 58.1 Å². The molecule has 2 N–H and O–H groups in total. The summed E-state index contributed by atoms with van der Waals surface area (Å²) < 4.78 is 0. The van der Waals surface area contributed by atoms with Crippen LogP contribution in [0.2, 0.25) is 0 Å². The smallest absolute Gasteiger partial charge is 0.224 e. The highest BCUT2D eigenvalue weighted by molar-refractivity contribution is 7.07. The van der Waals surface area contributed by atoms with E-state index in [0.29, 0.717) is 6.42 Å². The van der Waals surface area contributed by atoms with Gasteiger partial charge in [-0.3, -0.25) is 4.79 Å². The van der Waals surface area contributed by atoms with Crippen LogP contribution in [0.25, 0.3) is 0 Å². The molecule has 1 aromatic rings. The zero-order chi connectivity index (χ0) is 14.8. The van der Waals surface area contributed by atoms with Crippen molar-refractivity contribution < 1.29 is 4.79 Å². The van der Waals surface area contributed by atoms with Gasteiger partial charge in [-0.25, -0.2) is 0 Å². The first-order chi connectivity index (χ1) is 9.37. The number of thiophene rings is 1. The second kappa shape index (κ2) is 6.27. The molecule has 1 aliphatic heterocycles. The highest BCUT2D eigenvalue weighted by Crippen LogP contribution is 2.34. The molecule has 2 heterocycles. The second-order valence-electron chi connectivity index (χ2n) is 7.03. The summed E-state index contributed by atoms with van der Waals surface area (Å²) >= 11 is 1.70. The van der Waals surface area contributed by atoms with Crippen LogP contribution in [0.4, 0.5) is 0 Å². The van der Waals surface area contributed by atoms with Crippen molar-refractivity contribution in [3.63, 3.8) is 0 Å². The van der Waals surface area contributed by atoms with Gasteiger partial charge in [0.15, 0.2) is 0 Å². The summed E-state index contributed by atoms with van der Waals surface area (Å²) in [4.78, 5) is 14.5. The number of carbonyl (C=O) groups is 1. The van der Waals surface area contributed by atoms with Gasteiger partial charge < -0.3 is 10.6 Å². The fourth-order valence-electron chi connectivity index (χ4n) is 3.08. The van der Waals surface area contributed by atoms with Gasteiger partial charge in [-0.15, -0.1) is 0 Å². The molecule has 0 aliphatic carbocycles. The first kappa shape index (κ1) is 15.5. The number of hydrogen-bond donors (Lipinski definition) is 1. The molecule has 2 unspecified atom stereocenters. The molecule has 20 heavy (non-hydrogen) atoms. The van der Waals surface area contributed by atoms with Crippen molar-refractivity contribution in [3.05, 3.63) is 22.4 Å². The van der Waals surface area contributed by atoms with Gasteiger partial charge in [0.1, 0.15) is 0 Å². The molecular formula is C16H26N2OS. The summed E-state index contributed by atoms with van der Waals surface area (Å²) in [6, 6.07) is 2.37. The van der Waals surface area contributed by atoms with E-state index in [4.69, 9.17) is 5.73 Å². The van der Waals surface area contributed by atoms with Crippen LogP contribution in [-0.2, 0) is 4.79 Å². The predicted octanol–water partition coefficient (Wildman–Crippen LogP) is 3.57. The summed E-state index contributed by atoms with van der Waals surface area (Å²) in [5.41, 5.74) is 7.61. The SMILES string of the molecule is CC(C)(C)CC(N)CC(=O)N1CCCC1c1ccsc1. The lowest BCUT2D eigenvalue weighted by molar-refractivity contribution is -0.132. The van der Waals surface area contributed by atoms with E-state index < -0.39 is 0 Å². The zero-order valence-electron chi connectivity index (χ0n) is 12.8. The summed E-state index contributed by atoms with van der Waals surface area (Å²) in [5.74, 6) is 0.218. The van der Waals surface area contributed by atoms with Crippen LogP contribution in [0, 0.1) is 5.41 Å². The zero-order valence-corrected chi connectivity index (χ0v) is 13.6. The fourth-order valence-corrected chi connectivity index (χ4v) is 3.78. The van der Waals surface area contributed by atoms with Gasteiger partial charge in [0.05, 0.1) is 6.04 Å². The molecule has 0 radical (unpaired) electrons. The molecule has 1 fully saturated rings. The van der Waals surface area contributed by atoms with Gasteiger partial charge in [-0.2, -0.15) is 11.3 Å². The average molecular weight is 294 g/mol. The van der Waals surface area contributed by atoms with Crippen LogP contribution < -0.4 is 5.73 Å². The molecule has 1 saturated heterocycles. The molecule has 0 aromatic carbocycles. The van der Waals surface area contributed by atoms with Crippen molar-refractivity contribution in [1.82, 2.24) is 4.90 Å². The molecule has 1 amide bonds. The first-order valence-electron chi connectivity index (χ1n) is 7.44. The molecule has 1 aliphatic rings. The summed E-state index contributed by atoms with van der Waals surface area (Å²) in [6.07, 6.45) is 3.53. The topological polar surface area (TPSA) is 46.3 Å². The maximum absolute atomic E-state index is 12.5. The largest absolute Gasteiger partial charge is 0.336 e. The van der Waals surface area contributed by atoms with E-state index in [-0.39, 0.29) is 23.4 Å². The molecule has 2 rings (SSSR count). The molecule has 1 aromatic heterocycles. The van der Waals surface area contributed by atoms with Crippen LogP contribution >= 0.6 is 11.3 Å². The predicted molar refractivity (Wildman–Crippen MR) is 84.7 cm³/mol. The van der Waals surface area contributed by atoms with Crippen LogP contribution in [0.5, 0.6) is 0 Å². The quantitative estimate of drug-likeness (QED) is 0.923. The molecule has 4 heteroatoms. The Balaban J connectivity index is 1.95. The minimum Gasteiger partial charge on any atom is -0.336 e. The highest BCUT2D eigenvalue weighted by atomic mass is 32.1. The van der Waals surface area contributed by atoms with E-state index in [2.05, 4.69) is 37.6 Å². The molecule has 0 saturated carbocycles. The molecule has 0 spiro atoms. The molecule has 3 nitrogen and oxygen atoms in total. The Kier molecular flexibility index (Phi) is 4.86. The number of nitrogens with two attached hydrogens (primary N) is 1. The van der Waals surface area contributed by atoms with E-state index in [0.717, 1.165) is 25.8 Å². The molecule has 0 bridgehead atoms. The van der Waals surface area contributed by atoms with Gasteiger partial charge >= 0.3 is 0 Å². The fraction of sp³-hybridized carbons (Fsp3) is 0.688. The Morgan fingerprint density at radius 2 is 2.30 bits per heavy atom. The van der Waals surface area contributed by atoms with Crippen molar-refractivity contribution in [1.29, 1.82) is 0 Å². The van der Waals surface area contributed by atoms with Crippen molar-refractivity contribution in [2.45, 2.75) is 58.5 Å². The van der Waals surface area contributed by atoms with E-state index in [1.165, 1.54) is 5.56 Å². The summed E-state index contributed by atoms with van der Waals surface area (Å²) in [6.45, 7) is 7.38. The number of likely N-dealkylation sites (tertiary alicyclic amines) is 1. The van der Waals surface area contributed by atoms with Gasteiger partial charge in [0, 0.05) is 19.0 Å². The van der Waals surface area contributed by atoms with E-state index in [9.17, 15) is 4.79 Å². The van der Waals surface area contributed by atoms with Crippen LogP contribution in [-0.4, -0.2) is 23.4 Å². The monoisotopic (exact) mass is 294 g/mol. The average Bonchev–Trinajstić information content (AvgIpc) is 2.97. The maximum atomic E-state index is 12.5. The summed E-state index contributed by atoms with van der Waals surface area (Å²) in [5, 5.41) is 4.24. The van der Waals surface area contributed by atoms with Gasteiger partial charge in [0.2, 0.25) is 5.91 Å². The number of carbonyl (C=O) groups excluding carboxylic acids is 1. The van der Waals surface area contributed by atoms with E-state index in [1.54, 1.807) is 11.3 Å². The first-order valence-corrected chi connectivity index (χ1v) is 8.38. The van der Waals surface area contributed by atoms with Crippen molar-refractivity contribution in [3.8, 4) is 0 Å². The standard InChI is InChI=1S/C16H26N2OS/c1-16(2,3)10-13(17)9-15(19)18-7-4-5-14(18)12-6-8-20-11-12/h6,8,11,13-14H,4-5,7,9-10,17H2,1-3H3. The number of amides is 1. The van der Waals surface area contributed by atoms with Crippen LogP contribution in [0.3, 0.4) is 0 Å². The minimum absolute atomic E-state index is 0.0359. The van der Waals surface area contributed by atoms with E-state index in [1.807, 2.05) is 4.90 Å². The van der Waals surface area contributed by atoms with Crippen LogP contribution in [0.15, 0.2) is 16.8 Å². The third kappa shape index (κ3) is 4.06. The number of nitrogens with zero attached hydrogens (tertiary/aromatic N) is 1. The maximum Gasteiger partial charge on any atom is 0.224 e. The Bertz CT molecular complexity index is 436. The lowest BCUT2D eigenvalue weighted by Crippen LogP contribution is -2.37. The Morgan fingerprint density at radius 3 is 2.90 bits per heavy atom. The van der Waals surface area contributed by atoms with E-state index >= 15 is 0 Å². The van der Waals surface area contributed by atoms with Gasteiger partial charge in [-0.1, -0.05) is 20.8 Å². The van der Waals surface area contributed by atoms with Gasteiger partial charge in [0.25, 0.3) is 0 Å². The Hall–Kier alpha value is -0.870. The van der Waals surface area contributed by atoms with Crippen molar-refractivity contribution >= 4 is 17.2 Å². The van der Waals surface area contributed by atoms with Gasteiger partial charge in [-0.05, 0) is 47.1 Å². The van der Waals surface area contributed by atoms with Crippen molar-refractivity contribution in [2.24, 2.45) is 11.1 Å². The number of rotatable bonds is 4. The molecular weight excluding hydrogens is 268 g/mol.